The molecular weight excluding hydrogens is 194 g/mol. The summed E-state index contributed by atoms with van der Waals surface area (Å²) in [6.07, 6.45) is 7.52. The lowest BCUT2D eigenvalue weighted by Crippen LogP contribution is -2.42. The molecule has 0 bridgehead atoms. The molecule has 1 rings (SSSR count). The zero-order chi connectivity index (χ0) is 10.4. The molecule has 0 saturated carbocycles. The summed E-state index contributed by atoms with van der Waals surface area (Å²) in [6.45, 7) is 5.00. The molecule has 1 saturated heterocycles. The Hall–Kier alpha value is 0.270. The topological polar surface area (TPSA) is 23.5 Å². The molecule has 1 aliphatic rings. The maximum Gasteiger partial charge on any atom is 0.0565 e. The van der Waals surface area contributed by atoms with Crippen LogP contribution in [0.25, 0.3) is 0 Å². The fourth-order valence-electron chi connectivity index (χ4n) is 2.16. The zero-order valence-corrected chi connectivity index (χ0v) is 10.2. The molecule has 1 fully saturated rings. The monoisotopic (exact) mass is 217 g/mol. The molecule has 0 radical (unpaired) electrons. The first-order valence-corrected chi connectivity index (χ1v) is 6.96. The van der Waals surface area contributed by atoms with Gasteiger partial charge in [0.15, 0.2) is 0 Å². The minimum absolute atomic E-state index is 0.304. The molecule has 14 heavy (non-hydrogen) atoms. The molecule has 0 aliphatic carbocycles. The van der Waals surface area contributed by atoms with Crippen LogP contribution in [-0.2, 0) is 0 Å². The van der Waals surface area contributed by atoms with Gasteiger partial charge >= 0.3 is 0 Å². The van der Waals surface area contributed by atoms with E-state index in [0.29, 0.717) is 17.9 Å². The highest BCUT2D eigenvalue weighted by atomic mass is 32.2. The number of thioether (sulfide) groups is 1. The molecule has 0 aromatic rings. The summed E-state index contributed by atoms with van der Waals surface area (Å²) in [5.74, 6) is 0. The second-order valence-corrected chi connectivity index (χ2v) is 5.22. The van der Waals surface area contributed by atoms with Crippen LogP contribution in [0.3, 0.4) is 0 Å². The molecule has 84 valence electrons. The van der Waals surface area contributed by atoms with Crippen molar-refractivity contribution in [3.63, 3.8) is 0 Å². The highest BCUT2D eigenvalue weighted by molar-refractivity contribution is 7.99. The Morgan fingerprint density at radius 3 is 2.21 bits per heavy atom. The number of hydrogen-bond acceptors (Lipinski definition) is 3. The molecule has 2 unspecified atom stereocenters. The summed E-state index contributed by atoms with van der Waals surface area (Å²) >= 11 is 1.79. The van der Waals surface area contributed by atoms with Crippen LogP contribution in [0, 0.1) is 0 Å². The molecule has 0 aromatic carbocycles. The summed E-state index contributed by atoms with van der Waals surface area (Å²) in [5, 5.41) is 9.63. The largest absolute Gasteiger partial charge is 0.395 e. The molecule has 1 N–H and O–H groups in total. The van der Waals surface area contributed by atoms with E-state index in [-0.39, 0.29) is 0 Å². The van der Waals surface area contributed by atoms with Crippen LogP contribution >= 0.6 is 11.8 Å². The molecule has 1 aliphatic heterocycles. The fraction of sp³-hybridized carbons (Fsp3) is 1.00. The number of rotatable bonds is 4. The van der Waals surface area contributed by atoms with Crippen LogP contribution in [0.1, 0.15) is 32.6 Å². The molecular formula is C11H23NOS. The first-order valence-electron chi connectivity index (χ1n) is 5.67. The molecule has 3 heteroatoms. The Balaban J connectivity index is 2.43. The predicted octanol–water partition coefficient (Wildman–Crippen LogP) is 1.97. The van der Waals surface area contributed by atoms with Crippen molar-refractivity contribution < 1.29 is 5.11 Å². The van der Waals surface area contributed by atoms with Crippen LogP contribution < -0.4 is 0 Å². The van der Waals surface area contributed by atoms with Gasteiger partial charge in [-0.3, -0.25) is 4.90 Å². The Bertz CT molecular complexity index is 142. The van der Waals surface area contributed by atoms with E-state index >= 15 is 0 Å². The van der Waals surface area contributed by atoms with Gasteiger partial charge in [0, 0.05) is 11.3 Å². The van der Waals surface area contributed by atoms with Crippen molar-refractivity contribution in [3.05, 3.63) is 0 Å². The van der Waals surface area contributed by atoms with Gasteiger partial charge in [-0.1, -0.05) is 12.8 Å². The first-order chi connectivity index (χ1) is 6.79. The van der Waals surface area contributed by atoms with Crippen LogP contribution in [0.15, 0.2) is 0 Å². The van der Waals surface area contributed by atoms with E-state index in [9.17, 15) is 5.11 Å². The highest BCUT2D eigenvalue weighted by Gasteiger charge is 2.22. The minimum Gasteiger partial charge on any atom is -0.395 e. The summed E-state index contributed by atoms with van der Waals surface area (Å²) in [4.78, 5) is 2.55. The smallest absolute Gasteiger partial charge is 0.0565 e. The second-order valence-electron chi connectivity index (χ2n) is 4.15. The van der Waals surface area contributed by atoms with Crippen LogP contribution in [-0.4, -0.2) is 47.3 Å². The van der Waals surface area contributed by atoms with Gasteiger partial charge in [-0.25, -0.2) is 0 Å². The molecule has 2 atom stereocenters. The van der Waals surface area contributed by atoms with Gasteiger partial charge in [-0.2, -0.15) is 11.8 Å². The normalized spacial score (nSPS) is 24.2. The molecule has 2 nitrogen and oxygen atoms in total. The summed E-state index contributed by atoms with van der Waals surface area (Å²) < 4.78 is 0. The lowest BCUT2D eigenvalue weighted by molar-refractivity contribution is 0.179. The lowest BCUT2D eigenvalue weighted by Gasteiger charge is -2.32. The van der Waals surface area contributed by atoms with E-state index < -0.39 is 0 Å². The standard InChI is InChI=1S/C11H23NOS/c1-10(11(9-13)14-2)12-7-5-3-4-6-8-12/h10-11,13H,3-9H2,1-2H3. The lowest BCUT2D eigenvalue weighted by atomic mass is 10.2. The van der Waals surface area contributed by atoms with Crippen molar-refractivity contribution in [2.75, 3.05) is 26.0 Å². The van der Waals surface area contributed by atoms with Crippen molar-refractivity contribution in [2.45, 2.75) is 43.9 Å². The first kappa shape index (κ1) is 12.3. The van der Waals surface area contributed by atoms with Gasteiger partial charge in [-0.15, -0.1) is 0 Å². The number of nitrogens with zero attached hydrogens (tertiary/aromatic N) is 1. The van der Waals surface area contributed by atoms with Crippen molar-refractivity contribution in [1.29, 1.82) is 0 Å². The van der Waals surface area contributed by atoms with E-state index in [2.05, 4.69) is 18.1 Å². The van der Waals surface area contributed by atoms with E-state index in [4.69, 9.17) is 0 Å². The van der Waals surface area contributed by atoms with Crippen molar-refractivity contribution >= 4 is 11.8 Å². The average molecular weight is 217 g/mol. The molecule has 0 amide bonds. The van der Waals surface area contributed by atoms with Gasteiger partial charge < -0.3 is 5.11 Å². The number of aliphatic hydroxyl groups is 1. The van der Waals surface area contributed by atoms with Crippen molar-refractivity contribution in [1.82, 2.24) is 4.90 Å². The van der Waals surface area contributed by atoms with Gasteiger partial charge in [0.05, 0.1) is 6.61 Å². The van der Waals surface area contributed by atoms with E-state index in [1.807, 2.05) is 0 Å². The van der Waals surface area contributed by atoms with Gasteiger partial charge in [0.2, 0.25) is 0 Å². The minimum atomic E-state index is 0.304. The average Bonchev–Trinajstić information content (AvgIpc) is 2.47. The summed E-state index contributed by atoms with van der Waals surface area (Å²) in [5.41, 5.74) is 0. The van der Waals surface area contributed by atoms with E-state index in [1.165, 1.54) is 38.8 Å². The van der Waals surface area contributed by atoms with Gasteiger partial charge in [0.25, 0.3) is 0 Å². The quantitative estimate of drug-likeness (QED) is 0.779. The Labute approximate surface area is 92.1 Å². The number of likely N-dealkylation sites (tertiary alicyclic amines) is 1. The van der Waals surface area contributed by atoms with Crippen LogP contribution in [0.4, 0.5) is 0 Å². The Morgan fingerprint density at radius 2 is 1.79 bits per heavy atom. The number of hydrogen-bond donors (Lipinski definition) is 1. The third-order valence-corrected chi connectivity index (χ3v) is 4.39. The molecule has 0 spiro atoms. The van der Waals surface area contributed by atoms with Crippen molar-refractivity contribution in [3.8, 4) is 0 Å². The molecule has 0 aromatic heterocycles. The predicted molar refractivity (Wildman–Crippen MR) is 63.9 cm³/mol. The Kier molecular flexibility index (Phi) is 5.90. The third kappa shape index (κ3) is 3.44. The van der Waals surface area contributed by atoms with Crippen LogP contribution in [0.2, 0.25) is 0 Å². The summed E-state index contributed by atoms with van der Waals surface area (Å²) in [7, 11) is 0. The third-order valence-electron chi connectivity index (χ3n) is 3.24. The molecule has 1 heterocycles. The zero-order valence-electron chi connectivity index (χ0n) is 9.41. The second kappa shape index (κ2) is 6.70. The fourth-order valence-corrected chi connectivity index (χ4v) is 2.88. The SMILES string of the molecule is CSC(CO)C(C)N1CCCCCC1. The van der Waals surface area contributed by atoms with Gasteiger partial charge in [0.1, 0.15) is 0 Å². The van der Waals surface area contributed by atoms with Gasteiger partial charge in [-0.05, 0) is 39.1 Å². The summed E-state index contributed by atoms with van der Waals surface area (Å²) in [6, 6.07) is 0.521. The van der Waals surface area contributed by atoms with E-state index in [0.717, 1.165) is 0 Å². The van der Waals surface area contributed by atoms with E-state index in [1.54, 1.807) is 11.8 Å². The highest BCUT2D eigenvalue weighted by Crippen LogP contribution is 2.19. The van der Waals surface area contributed by atoms with Crippen LogP contribution in [0.5, 0.6) is 0 Å². The maximum absolute atomic E-state index is 9.25. The Morgan fingerprint density at radius 1 is 1.21 bits per heavy atom. The maximum atomic E-state index is 9.25. The van der Waals surface area contributed by atoms with Crippen molar-refractivity contribution in [2.24, 2.45) is 0 Å². The number of aliphatic hydroxyl groups excluding tert-OH is 1.